The number of β-lactam (4-membered cyclic amide) rings is 1. The Morgan fingerprint density at radius 3 is 2.37 bits per heavy atom. The minimum atomic E-state index is -0.836. The number of hydrogen-bond acceptors (Lipinski definition) is 5. The molecule has 2 aromatic carbocycles. The van der Waals surface area contributed by atoms with Crippen LogP contribution in [0.15, 0.2) is 60.7 Å². The number of amides is 3. The first-order valence-electron chi connectivity index (χ1n) is 9.92. The van der Waals surface area contributed by atoms with Crippen LogP contribution in [-0.2, 0) is 20.8 Å². The fourth-order valence-electron chi connectivity index (χ4n) is 3.08. The standard InChI is InChI=1S/C22H26N4O4/c23-13-7-12-18(27)24-17(14-15-8-3-1-4-9-15)20(28)25-19-21(29)26-22(19)30-16-10-5-2-6-11-16/h1-6,8-11,17,19,22H,7,12-14,23H2,(H,24,27)(H,25,28)(H,26,29)/t17-,19+,22-/m0/s1. The SMILES string of the molecule is NCCCC(=O)N[C@@H](Cc1ccccc1)C(=O)N[C@@H]1C(=O)N[C@H]1Oc1ccccc1. The van der Waals surface area contributed by atoms with Crippen molar-refractivity contribution in [3.63, 3.8) is 0 Å². The zero-order chi connectivity index (χ0) is 21.3. The fraction of sp³-hybridized carbons (Fsp3) is 0.318. The molecule has 3 amide bonds. The van der Waals surface area contributed by atoms with E-state index in [9.17, 15) is 14.4 Å². The van der Waals surface area contributed by atoms with E-state index in [-0.39, 0.29) is 18.2 Å². The van der Waals surface area contributed by atoms with Gasteiger partial charge in [0, 0.05) is 12.8 Å². The molecule has 3 rings (SSSR count). The molecule has 1 fully saturated rings. The highest BCUT2D eigenvalue weighted by atomic mass is 16.5. The summed E-state index contributed by atoms with van der Waals surface area (Å²) in [5.41, 5.74) is 6.35. The quantitative estimate of drug-likeness (QED) is 0.424. The first-order valence-corrected chi connectivity index (χ1v) is 9.92. The molecule has 2 aromatic rings. The van der Waals surface area contributed by atoms with Crippen molar-refractivity contribution in [2.24, 2.45) is 5.73 Å². The Kier molecular flexibility index (Phi) is 7.40. The van der Waals surface area contributed by atoms with E-state index in [4.69, 9.17) is 10.5 Å². The van der Waals surface area contributed by atoms with Crippen LogP contribution in [0.25, 0.3) is 0 Å². The van der Waals surface area contributed by atoms with Crippen molar-refractivity contribution in [2.45, 2.75) is 37.6 Å². The molecule has 1 saturated heterocycles. The third-order valence-electron chi connectivity index (χ3n) is 4.72. The van der Waals surface area contributed by atoms with Crippen molar-refractivity contribution < 1.29 is 19.1 Å². The second kappa shape index (κ2) is 10.4. The topological polar surface area (TPSA) is 123 Å². The van der Waals surface area contributed by atoms with Crippen LogP contribution in [0.3, 0.4) is 0 Å². The lowest BCUT2D eigenvalue weighted by molar-refractivity contribution is -0.144. The molecule has 8 heteroatoms. The van der Waals surface area contributed by atoms with E-state index >= 15 is 0 Å². The van der Waals surface area contributed by atoms with Crippen LogP contribution in [0.2, 0.25) is 0 Å². The second-order valence-corrected chi connectivity index (χ2v) is 7.05. The molecule has 5 N–H and O–H groups in total. The number of nitrogens with two attached hydrogens (primary N) is 1. The van der Waals surface area contributed by atoms with Crippen molar-refractivity contribution in [2.75, 3.05) is 6.54 Å². The lowest BCUT2D eigenvalue weighted by Crippen LogP contribution is -2.72. The molecule has 3 atom stereocenters. The molecule has 0 aliphatic carbocycles. The lowest BCUT2D eigenvalue weighted by atomic mass is 10.0. The molecule has 0 radical (unpaired) electrons. The molecule has 0 saturated carbocycles. The Balaban J connectivity index is 1.65. The third-order valence-corrected chi connectivity index (χ3v) is 4.72. The van der Waals surface area contributed by atoms with Crippen LogP contribution in [0.1, 0.15) is 18.4 Å². The molecule has 30 heavy (non-hydrogen) atoms. The molecule has 0 bridgehead atoms. The predicted molar refractivity (Wildman–Crippen MR) is 111 cm³/mol. The van der Waals surface area contributed by atoms with E-state index in [1.807, 2.05) is 48.5 Å². The van der Waals surface area contributed by atoms with E-state index in [0.29, 0.717) is 25.1 Å². The van der Waals surface area contributed by atoms with Gasteiger partial charge in [-0.2, -0.15) is 0 Å². The van der Waals surface area contributed by atoms with Gasteiger partial charge < -0.3 is 26.4 Å². The van der Waals surface area contributed by atoms with Gasteiger partial charge in [-0.05, 0) is 30.7 Å². The van der Waals surface area contributed by atoms with E-state index in [1.54, 1.807) is 12.1 Å². The third kappa shape index (κ3) is 5.81. The van der Waals surface area contributed by atoms with Crippen LogP contribution < -0.4 is 26.4 Å². The molecule has 0 spiro atoms. The molecule has 1 heterocycles. The lowest BCUT2D eigenvalue weighted by Gasteiger charge is -2.37. The molecule has 1 aliphatic rings. The summed E-state index contributed by atoms with van der Waals surface area (Å²) in [6, 6.07) is 16.7. The van der Waals surface area contributed by atoms with Gasteiger partial charge in [0.1, 0.15) is 11.8 Å². The Labute approximate surface area is 175 Å². The number of rotatable bonds is 10. The average molecular weight is 410 g/mol. The molecule has 158 valence electrons. The van der Waals surface area contributed by atoms with E-state index in [2.05, 4.69) is 16.0 Å². The summed E-state index contributed by atoms with van der Waals surface area (Å²) in [5.74, 6) is -0.456. The first-order chi connectivity index (χ1) is 14.6. The summed E-state index contributed by atoms with van der Waals surface area (Å²) in [7, 11) is 0. The molecular weight excluding hydrogens is 384 g/mol. The number of nitrogens with one attached hydrogen (secondary N) is 3. The Morgan fingerprint density at radius 2 is 1.73 bits per heavy atom. The monoisotopic (exact) mass is 410 g/mol. The minimum Gasteiger partial charge on any atom is -0.468 e. The van der Waals surface area contributed by atoms with Crippen LogP contribution >= 0.6 is 0 Å². The number of benzene rings is 2. The Hall–Kier alpha value is -3.39. The Bertz CT molecular complexity index is 860. The van der Waals surface area contributed by atoms with Crippen LogP contribution in [0.5, 0.6) is 5.75 Å². The number of hydrogen-bond donors (Lipinski definition) is 4. The van der Waals surface area contributed by atoms with Crippen molar-refractivity contribution >= 4 is 17.7 Å². The summed E-state index contributed by atoms with van der Waals surface area (Å²) < 4.78 is 5.72. The summed E-state index contributed by atoms with van der Waals surface area (Å²) in [5, 5.41) is 8.08. The number of carbonyl (C=O) groups excluding carboxylic acids is 3. The minimum absolute atomic E-state index is 0.235. The first kappa shape index (κ1) is 21.3. The molecule has 0 unspecified atom stereocenters. The van der Waals surface area contributed by atoms with E-state index in [1.165, 1.54) is 0 Å². The molecular formula is C22H26N4O4. The summed E-state index contributed by atoms with van der Waals surface area (Å²) in [6.45, 7) is 0.393. The molecule has 8 nitrogen and oxygen atoms in total. The van der Waals surface area contributed by atoms with Gasteiger partial charge in [-0.1, -0.05) is 48.5 Å². The van der Waals surface area contributed by atoms with E-state index in [0.717, 1.165) is 5.56 Å². The average Bonchev–Trinajstić information content (AvgIpc) is 2.76. The van der Waals surface area contributed by atoms with Gasteiger partial charge in [0.15, 0.2) is 6.04 Å². The van der Waals surface area contributed by atoms with Crippen LogP contribution in [-0.4, -0.2) is 42.6 Å². The summed E-state index contributed by atoms with van der Waals surface area (Å²) in [4.78, 5) is 37.1. The Morgan fingerprint density at radius 1 is 1.07 bits per heavy atom. The molecule has 1 aliphatic heterocycles. The van der Waals surface area contributed by atoms with Crippen molar-refractivity contribution in [1.82, 2.24) is 16.0 Å². The highest BCUT2D eigenvalue weighted by Gasteiger charge is 2.43. The van der Waals surface area contributed by atoms with Gasteiger partial charge in [-0.15, -0.1) is 0 Å². The van der Waals surface area contributed by atoms with Gasteiger partial charge in [0.2, 0.25) is 18.0 Å². The van der Waals surface area contributed by atoms with Gasteiger partial charge in [-0.25, -0.2) is 0 Å². The van der Waals surface area contributed by atoms with E-state index < -0.39 is 24.2 Å². The fourth-order valence-corrected chi connectivity index (χ4v) is 3.08. The van der Waals surface area contributed by atoms with Gasteiger partial charge in [0.05, 0.1) is 0 Å². The smallest absolute Gasteiger partial charge is 0.251 e. The number of ether oxygens (including phenoxy) is 1. The van der Waals surface area contributed by atoms with Gasteiger partial charge in [-0.3, -0.25) is 14.4 Å². The van der Waals surface area contributed by atoms with Crippen molar-refractivity contribution in [3.8, 4) is 5.75 Å². The summed E-state index contributed by atoms with van der Waals surface area (Å²) in [6.07, 6.45) is 0.399. The zero-order valence-electron chi connectivity index (χ0n) is 16.5. The second-order valence-electron chi connectivity index (χ2n) is 7.05. The predicted octanol–water partition coefficient (Wildman–Crippen LogP) is 0.473. The summed E-state index contributed by atoms with van der Waals surface area (Å²) >= 11 is 0. The maximum Gasteiger partial charge on any atom is 0.251 e. The maximum absolute atomic E-state index is 12.9. The largest absolute Gasteiger partial charge is 0.468 e. The highest BCUT2D eigenvalue weighted by Crippen LogP contribution is 2.16. The highest BCUT2D eigenvalue weighted by molar-refractivity contribution is 5.95. The number of carbonyl (C=O) groups is 3. The van der Waals surface area contributed by atoms with Gasteiger partial charge >= 0.3 is 0 Å². The van der Waals surface area contributed by atoms with Crippen LogP contribution in [0, 0.1) is 0 Å². The molecule has 0 aromatic heterocycles. The maximum atomic E-state index is 12.9. The van der Waals surface area contributed by atoms with Gasteiger partial charge in [0.25, 0.3) is 5.91 Å². The normalized spacial score (nSPS) is 18.5. The number of para-hydroxylation sites is 1. The van der Waals surface area contributed by atoms with Crippen molar-refractivity contribution in [3.05, 3.63) is 66.2 Å². The van der Waals surface area contributed by atoms with Crippen LogP contribution in [0.4, 0.5) is 0 Å². The van der Waals surface area contributed by atoms with Crippen molar-refractivity contribution in [1.29, 1.82) is 0 Å². The zero-order valence-corrected chi connectivity index (χ0v) is 16.5.